The molecule has 1 N–H and O–H groups in total. The van der Waals surface area contributed by atoms with E-state index in [4.69, 9.17) is 4.74 Å². The van der Waals surface area contributed by atoms with Crippen molar-refractivity contribution in [1.29, 1.82) is 0 Å². The van der Waals surface area contributed by atoms with Gasteiger partial charge in [0.1, 0.15) is 0 Å². The maximum Gasteiger partial charge on any atom is 0.0576 e. The summed E-state index contributed by atoms with van der Waals surface area (Å²) >= 11 is 0. The lowest BCUT2D eigenvalue weighted by molar-refractivity contribution is 0.0879. The molecule has 0 aromatic heterocycles. The monoisotopic (exact) mass is 277 g/mol. The Bertz CT molecular complexity index is 334. The number of hydrogen-bond acceptors (Lipinski definition) is 2. The first-order valence-electron chi connectivity index (χ1n) is 9.19. The number of fused-ring (bicyclic) bond motifs is 2. The average Bonchev–Trinajstić information content (AvgIpc) is 2.88. The van der Waals surface area contributed by atoms with E-state index in [-0.39, 0.29) is 0 Å². The number of nitrogens with one attached hydrogen (secondary N) is 1. The van der Waals surface area contributed by atoms with Crippen molar-refractivity contribution in [1.82, 2.24) is 5.32 Å². The highest BCUT2D eigenvalue weighted by Gasteiger charge is 2.50. The molecule has 3 aliphatic carbocycles. The minimum atomic E-state index is 0.599. The second-order valence-corrected chi connectivity index (χ2v) is 8.12. The Balaban J connectivity index is 1.31. The largest absolute Gasteiger partial charge is 0.378 e. The van der Waals surface area contributed by atoms with E-state index >= 15 is 0 Å². The predicted octanol–water partition coefficient (Wildman–Crippen LogP) is 3.89. The molecule has 20 heavy (non-hydrogen) atoms. The van der Waals surface area contributed by atoms with E-state index in [2.05, 4.69) is 5.32 Å². The summed E-state index contributed by atoms with van der Waals surface area (Å²) in [5, 5.41) is 3.87. The molecule has 0 radical (unpaired) electrons. The van der Waals surface area contributed by atoms with E-state index in [1.54, 1.807) is 6.42 Å². The molecule has 4 atom stereocenters. The summed E-state index contributed by atoms with van der Waals surface area (Å²) in [6, 6.07) is 0.879. The minimum Gasteiger partial charge on any atom is -0.378 e. The van der Waals surface area contributed by atoms with Crippen molar-refractivity contribution in [2.75, 3.05) is 13.2 Å². The maximum absolute atomic E-state index is 5.81. The van der Waals surface area contributed by atoms with Crippen molar-refractivity contribution >= 4 is 0 Å². The van der Waals surface area contributed by atoms with Crippen LogP contribution in [0.4, 0.5) is 0 Å². The molecule has 114 valence electrons. The SMILES string of the molecule is C1COC(CCCC2(CNC3CC3)CC3CCC2C3)C1. The molecule has 3 saturated carbocycles. The standard InChI is InChI=1S/C18H31NO/c1(3-17-4-2-10-20-17)9-18(13-19-16-7-8-16)12-14-5-6-15(18)11-14/h14-17,19H,1-13H2. The summed E-state index contributed by atoms with van der Waals surface area (Å²) in [6.07, 6.45) is 16.4. The molecular formula is C18H31NO. The van der Waals surface area contributed by atoms with Crippen molar-refractivity contribution < 1.29 is 4.74 Å². The van der Waals surface area contributed by atoms with Gasteiger partial charge >= 0.3 is 0 Å². The first-order chi connectivity index (χ1) is 9.84. The van der Waals surface area contributed by atoms with Crippen LogP contribution in [0.25, 0.3) is 0 Å². The molecule has 0 spiro atoms. The molecule has 2 bridgehead atoms. The van der Waals surface area contributed by atoms with Crippen molar-refractivity contribution in [2.45, 2.75) is 82.8 Å². The predicted molar refractivity (Wildman–Crippen MR) is 81.7 cm³/mol. The molecule has 4 aliphatic rings. The van der Waals surface area contributed by atoms with E-state index in [0.717, 1.165) is 24.5 Å². The molecule has 2 nitrogen and oxygen atoms in total. The molecule has 0 aromatic rings. The Morgan fingerprint density at radius 3 is 2.70 bits per heavy atom. The Labute approximate surface area is 124 Å². The Morgan fingerprint density at radius 2 is 2.05 bits per heavy atom. The quantitative estimate of drug-likeness (QED) is 0.762. The van der Waals surface area contributed by atoms with E-state index in [1.807, 2.05) is 0 Å². The van der Waals surface area contributed by atoms with Gasteiger partial charge < -0.3 is 10.1 Å². The lowest BCUT2D eigenvalue weighted by atomic mass is 9.69. The molecule has 1 saturated heterocycles. The second kappa shape index (κ2) is 5.61. The van der Waals surface area contributed by atoms with Crippen LogP contribution < -0.4 is 5.32 Å². The third-order valence-electron chi connectivity index (χ3n) is 6.65. The van der Waals surface area contributed by atoms with E-state index in [9.17, 15) is 0 Å². The molecule has 0 amide bonds. The van der Waals surface area contributed by atoms with Gasteiger partial charge in [-0.15, -0.1) is 0 Å². The van der Waals surface area contributed by atoms with Crippen molar-refractivity contribution in [3.63, 3.8) is 0 Å². The van der Waals surface area contributed by atoms with Gasteiger partial charge in [0, 0.05) is 19.2 Å². The molecule has 1 aliphatic heterocycles. The van der Waals surface area contributed by atoms with Crippen molar-refractivity contribution in [3.8, 4) is 0 Å². The Morgan fingerprint density at radius 1 is 1.10 bits per heavy atom. The van der Waals surface area contributed by atoms with Crippen molar-refractivity contribution in [2.24, 2.45) is 17.3 Å². The van der Waals surface area contributed by atoms with Crippen LogP contribution in [-0.4, -0.2) is 25.3 Å². The summed E-state index contributed by atoms with van der Waals surface area (Å²) in [4.78, 5) is 0. The fourth-order valence-electron chi connectivity index (χ4n) is 5.36. The average molecular weight is 277 g/mol. The highest BCUT2D eigenvalue weighted by Crippen LogP contribution is 2.58. The van der Waals surface area contributed by atoms with Crippen LogP contribution in [0.15, 0.2) is 0 Å². The number of rotatable bonds is 7. The van der Waals surface area contributed by atoms with Crippen molar-refractivity contribution in [3.05, 3.63) is 0 Å². The normalized spacial score (nSPS) is 43.5. The summed E-state index contributed by atoms with van der Waals surface area (Å²) in [5.41, 5.74) is 0.671. The third-order valence-corrected chi connectivity index (χ3v) is 6.65. The van der Waals surface area contributed by atoms with Crippen LogP contribution in [0.1, 0.15) is 70.6 Å². The fraction of sp³-hybridized carbons (Fsp3) is 1.00. The maximum atomic E-state index is 5.81. The van der Waals surface area contributed by atoms with Gasteiger partial charge in [-0.3, -0.25) is 0 Å². The zero-order chi connectivity index (χ0) is 13.4. The van der Waals surface area contributed by atoms with Gasteiger partial charge in [0.05, 0.1) is 6.10 Å². The summed E-state index contributed by atoms with van der Waals surface area (Å²) in [7, 11) is 0. The summed E-state index contributed by atoms with van der Waals surface area (Å²) in [6.45, 7) is 2.34. The smallest absolute Gasteiger partial charge is 0.0576 e. The van der Waals surface area contributed by atoms with Gasteiger partial charge in [0.15, 0.2) is 0 Å². The minimum absolute atomic E-state index is 0.599. The van der Waals surface area contributed by atoms with Gasteiger partial charge in [0.25, 0.3) is 0 Å². The molecule has 4 unspecified atom stereocenters. The Hall–Kier alpha value is -0.0800. The van der Waals surface area contributed by atoms with Crippen LogP contribution in [0.5, 0.6) is 0 Å². The fourth-order valence-corrected chi connectivity index (χ4v) is 5.36. The van der Waals surface area contributed by atoms with E-state index in [1.165, 1.54) is 70.8 Å². The first-order valence-corrected chi connectivity index (χ1v) is 9.19. The molecule has 2 heteroatoms. The zero-order valence-corrected chi connectivity index (χ0v) is 12.9. The van der Waals surface area contributed by atoms with Gasteiger partial charge in [-0.1, -0.05) is 12.8 Å². The van der Waals surface area contributed by atoms with E-state index in [0.29, 0.717) is 11.5 Å². The van der Waals surface area contributed by atoms with Crippen LogP contribution in [-0.2, 0) is 4.74 Å². The topological polar surface area (TPSA) is 21.3 Å². The van der Waals surface area contributed by atoms with Crippen LogP contribution in [0, 0.1) is 17.3 Å². The molecule has 0 aromatic carbocycles. The van der Waals surface area contributed by atoms with E-state index < -0.39 is 0 Å². The summed E-state index contributed by atoms with van der Waals surface area (Å²) < 4.78 is 5.81. The lowest BCUT2D eigenvalue weighted by Gasteiger charge is -2.38. The van der Waals surface area contributed by atoms with Gasteiger partial charge in [-0.2, -0.15) is 0 Å². The Kier molecular flexibility index (Phi) is 3.80. The second-order valence-electron chi connectivity index (χ2n) is 8.12. The van der Waals surface area contributed by atoms with Gasteiger partial charge in [0.2, 0.25) is 0 Å². The molecule has 4 rings (SSSR count). The van der Waals surface area contributed by atoms with Gasteiger partial charge in [-0.05, 0) is 75.0 Å². The third kappa shape index (κ3) is 2.78. The number of ether oxygens (including phenoxy) is 1. The number of hydrogen-bond donors (Lipinski definition) is 1. The first kappa shape index (κ1) is 13.6. The van der Waals surface area contributed by atoms with Crippen LogP contribution in [0.2, 0.25) is 0 Å². The van der Waals surface area contributed by atoms with Gasteiger partial charge in [-0.25, -0.2) is 0 Å². The molecular weight excluding hydrogens is 246 g/mol. The lowest BCUT2D eigenvalue weighted by Crippen LogP contribution is -2.39. The van der Waals surface area contributed by atoms with Crippen LogP contribution >= 0.6 is 0 Å². The molecule has 4 fully saturated rings. The highest BCUT2D eigenvalue weighted by molar-refractivity contribution is 5.02. The zero-order valence-electron chi connectivity index (χ0n) is 12.9. The molecule has 1 heterocycles. The summed E-state index contributed by atoms with van der Waals surface area (Å²) in [5.74, 6) is 2.12. The van der Waals surface area contributed by atoms with Crippen LogP contribution in [0.3, 0.4) is 0 Å². The highest BCUT2D eigenvalue weighted by atomic mass is 16.5.